The Balaban J connectivity index is 0.00000119. The molecule has 3 heteroatoms. The van der Waals surface area contributed by atoms with Crippen LogP contribution in [0.25, 0.3) is 0 Å². The number of hydrogen-bond acceptors (Lipinski definition) is 0. The zero-order valence-electron chi connectivity index (χ0n) is 20.3. The van der Waals surface area contributed by atoms with Crippen LogP contribution in [0, 0.1) is 46.8 Å². The summed E-state index contributed by atoms with van der Waals surface area (Å²) in [5.74, 6) is 3.03. The molecule has 5 rings (SSSR count). The van der Waals surface area contributed by atoms with Crippen LogP contribution in [-0.4, -0.2) is 6.18 Å². The van der Waals surface area contributed by atoms with Gasteiger partial charge in [0.05, 0.1) is 5.92 Å². The molecule has 0 N–H and O–H groups in total. The van der Waals surface area contributed by atoms with Crippen molar-refractivity contribution in [2.24, 2.45) is 46.8 Å². The van der Waals surface area contributed by atoms with Crippen LogP contribution in [0.1, 0.15) is 90.5 Å². The summed E-state index contributed by atoms with van der Waals surface area (Å²) in [5.41, 5.74) is 1.92. The lowest BCUT2D eigenvalue weighted by Crippen LogP contribution is -2.49. The molecular formula is C29H43F3. The van der Waals surface area contributed by atoms with Crippen molar-refractivity contribution in [1.29, 1.82) is 0 Å². The van der Waals surface area contributed by atoms with Gasteiger partial charge in [-0.25, -0.2) is 0 Å². The quantitative estimate of drug-likeness (QED) is 0.432. The number of fused-ring (bicyclic) bond motifs is 5. The van der Waals surface area contributed by atoms with Crippen molar-refractivity contribution in [3.8, 4) is 0 Å². The van der Waals surface area contributed by atoms with Crippen molar-refractivity contribution in [2.45, 2.75) is 97.6 Å². The summed E-state index contributed by atoms with van der Waals surface area (Å²) in [7, 11) is 0. The number of aryl methyl sites for hydroxylation is 1. The summed E-state index contributed by atoms with van der Waals surface area (Å²) in [6, 6.07) is 10.9. The molecule has 0 spiro atoms. The van der Waals surface area contributed by atoms with E-state index in [4.69, 9.17) is 0 Å². The Morgan fingerprint density at radius 1 is 0.844 bits per heavy atom. The molecule has 0 radical (unpaired) electrons. The van der Waals surface area contributed by atoms with Crippen molar-refractivity contribution in [3.63, 3.8) is 0 Å². The minimum absolute atomic E-state index is 0.339. The lowest BCUT2D eigenvalue weighted by molar-refractivity contribution is -0.196. The standard InChI is InChI=1S/C27H37F3.C2H6/c1-26-16-15-23-22-13-10-21(27(28,29)30)17-19(22)8-12-24(23)25(26)14-11-20(26)9-7-18-5-3-2-4-6-18;1-2/h2-6,19-25H,7-17H2,1H3;1-2H3/t19-,20?,21?,22+,23?,24-,25?,26-;/m1./s1. The van der Waals surface area contributed by atoms with Gasteiger partial charge in [-0.05, 0) is 117 Å². The number of alkyl halides is 3. The lowest BCUT2D eigenvalue weighted by Gasteiger charge is -2.56. The molecule has 0 aromatic heterocycles. The van der Waals surface area contributed by atoms with Crippen LogP contribution < -0.4 is 0 Å². The SMILES string of the molecule is CC.C[C@]12CCC3[C@@H](CC[C@@H]4CC(C(F)(F)F)CC[C@H]34)C1CCC2CCc1ccccc1. The fraction of sp³-hybridized carbons (Fsp3) is 0.793. The highest BCUT2D eigenvalue weighted by Crippen LogP contribution is 2.65. The molecule has 4 aliphatic carbocycles. The average molecular weight is 449 g/mol. The maximum atomic E-state index is 13.3. The number of hydrogen-bond donors (Lipinski definition) is 0. The fourth-order valence-corrected chi connectivity index (χ4v) is 8.72. The summed E-state index contributed by atoms with van der Waals surface area (Å²) in [6.07, 6.45) is 7.69. The molecule has 4 saturated carbocycles. The van der Waals surface area contributed by atoms with Crippen LogP contribution in [0.15, 0.2) is 30.3 Å². The summed E-state index contributed by atoms with van der Waals surface area (Å²) < 4.78 is 39.9. The van der Waals surface area contributed by atoms with Crippen molar-refractivity contribution in [3.05, 3.63) is 35.9 Å². The van der Waals surface area contributed by atoms with E-state index in [9.17, 15) is 13.2 Å². The number of rotatable bonds is 3. The van der Waals surface area contributed by atoms with E-state index in [1.807, 2.05) is 13.8 Å². The van der Waals surface area contributed by atoms with E-state index in [-0.39, 0.29) is 0 Å². The number of benzene rings is 1. The predicted octanol–water partition coefficient (Wildman–Crippen LogP) is 9.09. The van der Waals surface area contributed by atoms with Gasteiger partial charge in [0.25, 0.3) is 0 Å². The van der Waals surface area contributed by atoms with Gasteiger partial charge in [0.1, 0.15) is 0 Å². The summed E-state index contributed by atoms with van der Waals surface area (Å²) in [6.45, 7) is 6.57. The van der Waals surface area contributed by atoms with E-state index in [1.165, 1.54) is 50.5 Å². The molecule has 1 aromatic carbocycles. The molecule has 0 saturated heterocycles. The fourth-order valence-electron chi connectivity index (χ4n) is 8.72. The minimum atomic E-state index is -3.98. The van der Waals surface area contributed by atoms with Crippen molar-refractivity contribution in [1.82, 2.24) is 0 Å². The first-order valence-electron chi connectivity index (χ1n) is 13.5. The molecule has 180 valence electrons. The van der Waals surface area contributed by atoms with Gasteiger partial charge in [-0.3, -0.25) is 0 Å². The van der Waals surface area contributed by atoms with E-state index in [2.05, 4.69) is 37.3 Å². The maximum absolute atomic E-state index is 13.3. The second kappa shape index (κ2) is 9.71. The van der Waals surface area contributed by atoms with E-state index in [1.54, 1.807) is 0 Å². The second-order valence-corrected chi connectivity index (χ2v) is 11.3. The molecule has 4 unspecified atom stereocenters. The molecule has 1 aromatic rings. The molecule has 32 heavy (non-hydrogen) atoms. The predicted molar refractivity (Wildman–Crippen MR) is 126 cm³/mol. The Morgan fingerprint density at radius 2 is 1.56 bits per heavy atom. The van der Waals surface area contributed by atoms with E-state index >= 15 is 0 Å². The van der Waals surface area contributed by atoms with Crippen molar-refractivity contribution < 1.29 is 13.2 Å². The first kappa shape index (κ1) is 24.1. The van der Waals surface area contributed by atoms with Gasteiger partial charge in [-0.15, -0.1) is 0 Å². The molecule has 0 aliphatic heterocycles. The molecular weight excluding hydrogens is 405 g/mol. The lowest BCUT2D eigenvalue weighted by atomic mass is 9.49. The van der Waals surface area contributed by atoms with Gasteiger partial charge in [0.2, 0.25) is 0 Å². The van der Waals surface area contributed by atoms with Crippen molar-refractivity contribution >= 4 is 0 Å². The number of halogens is 3. The van der Waals surface area contributed by atoms with E-state index < -0.39 is 12.1 Å². The normalized spacial score (nSPS) is 41.0. The Morgan fingerprint density at radius 3 is 2.28 bits per heavy atom. The molecule has 8 atom stereocenters. The molecule has 4 fully saturated rings. The van der Waals surface area contributed by atoms with Crippen LogP contribution in [0.3, 0.4) is 0 Å². The highest BCUT2D eigenvalue weighted by atomic mass is 19.4. The van der Waals surface area contributed by atoms with E-state index in [0.717, 1.165) is 30.6 Å². The summed E-state index contributed by atoms with van der Waals surface area (Å²) in [5, 5.41) is 0. The first-order valence-corrected chi connectivity index (χ1v) is 13.5. The zero-order valence-corrected chi connectivity index (χ0v) is 20.3. The largest absolute Gasteiger partial charge is 0.391 e. The van der Waals surface area contributed by atoms with Gasteiger partial charge in [0.15, 0.2) is 0 Å². The van der Waals surface area contributed by atoms with Gasteiger partial charge in [0, 0.05) is 0 Å². The van der Waals surface area contributed by atoms with Gasteiger partial charge in [-0.2, -0.15) is 13.2 Å². The van der Waals surface area contributed by atoms with Crippen molar-refractivity contribution in [2.75, 3.05) is 0 Å². The monoisotopic (exact) mass is 448 g/mol. The molecule has 0 amide bonds. The third-order valence-electron chi connectivity index (χ3n) is 10.2. The highest BCUT2D eigenvalue weighted by molar-refractivity contribution is 5.15. The van der Waals surface area contributed by atoms with Crippen LogP contribution in [-0.2, 0) is 6.42 Å². The van der Waals surface area contributed by atoms with Gasteiger partial charge >= 0.3 is 6.18 Å². The molecule has 4 aliphatic rings. The Kier molecular flexibility index (Phi) is 7.32. The van der Waals surface area contributed by atoms with Gasteiger partial charge < -0.3 is 0 Å². The van der Waals surface area contributed by atoms with Crippen LogP contribution in [0.4, 0.5) is 13.2 Å². The average Bonchev–Trinajstić information content (AvgIpc) is 3.15. The summed E-state index contributed by atoms with van der Waals surface area (Å²) in [4.78, 5) is 0. The second-order valence-electron chi connectivity index (χ2n) is 11.3. The highest BCUT2D eigenvalue weighted by Gasteiger charge is 2.57. The topological polar surface area (TPSA) is 0 Å². The Hall–Kier alpha value is -0.990. The van der Waals surface area contributed by atoms with Crippen LogP contribution >= 0.6 is 0 Å². The third-order valence-corrected chi connectivity index (χ3v) is 10.2. The third kappa shape index (κ3) is 4.51. The van der Waals surface area contributed by atoms with Crippen LogP contribution in [0.5, 0.6) is 0 Å². The minimum Gasteiger partial charge on any atom is -0.171 e. The molecule has 0 heterocycles. The maximum Gasteiger partial charge on any atom is 0.391 e. The van der Waals surface area contributed by atoms with Crippen LogP contribution in [0.2, 0.25) is 0 Å². The van der Waals surface area contributed by atoms with Gasteiger partial charge in [-0.1, -0.05) is 51.1 Å². The zero-order chi connectivity index (χ0) is 22.9. The molecule has 0 bridgehead atoms. The Bertz CT molecular complexity index is 726. The smallest absolute Gasteiger partial charge is 0.171 e. The summed E-state index contributed by atoms with van der Waals surface area (Å²) >= 11 is 0. The first-order chi connectivity index (χ1) is 15.4. The van der Waals surface area contributed by atoms with E-state index in [0.29, 0.717) is 36.0 Å². The molecule has 0 nitrogen and oxygen atoms in total. The Labute approximate surface area is 193 Å².